The summed E-state index contributed by atoms with van der Waals surface area (Å²) in [7, 11) is 1.57. The third kappa shape index (κ3) is 4.07. The number of unbranched alkanes of at least 4 members (excludes halogenated alkanes) is 1. The molecule has 0 saturated carbocycles. The summed E-state index contributed by atoms with van der Waals surface area (Å²) in [6, 6.07) is 3.52. The highest BCUT2D eigenvalue weighted by atomic mass is 35.5. The number of ether oxygens (including phenoxy) is 1. The fourth-order valence-electron chi connectivity index (χ4n) is 1.54. The lowest BCUT2D eigenvalue weighted by Gasteiger charge is -2.13. The molecule has 0 spiro atoms. The van der Waals surface area contributed by atoms with Gasteiger partial charge in [0.15, 0.2) is 0 Å². The summed E-state index contributed by atoms with van der Waals surface area (Å²) < 4.78 is 5.18. The second kappa shape index (κ2) is 7.37. The Morgan fingerprint density at radius 3 is 2.76 bits per heavy atom. The Kier molecular flexibility index (Phi) is 6.11. The van der Waals surface area contributed by atoms with Gasteiger partial charge in [-0.1, -0.05) is 11.6 Å². The Balaban J connectivity index is 2.71. The molecule has 4 nitrogen and oxygen atoms in total. The average Bonchev–Trinajstić information content (AvgIpc) is 2.35. The summed E-state index contributed by atoms with van der Waals surface area (Å²) in [6.07, 6.45) is 1.98. The van der Waals surface area contributed by atoms with Crippen LogP contribution >= 0.6 is 11.6 Å². The van der Waals surface area contributed by atoms with Crippen LogP contribution < -0.4 is 15.8 Å². The molecular weight excluding hydrogens is 240 g/mol. The quantitative estimate of drug-likeness (QED) is 0.655. The van der Waals surface area contributed by atoms with Crippen molar-refractivity contribution < 1.29 is 9.84 Å². The number of benzene rings is 1. The number of nitrogens with two attached hydrogens (primary N) is 1. The number of halogens is 1. The Labute approximate surface area is 107 Å². The molecular formula is C12H19ClN2O2. The molecule has 0 heterocycles. The lowest BCUT2D eigenvalue weighted by Crippen LogP contribution is -2.06. The predicted molar refractivity (Wildman–Crippen MR) is 70.7 cm³/mol. The van der Waals surface area contributed by atoms with Crippen molar-refractivity contribution in [1.29, 1.82) is 0 Å². The van der Waals surface area contributed by atoms with Crippen LogP contribution in [0.4, 0.5) is 5.69 Å². The first kappa shape index (κ1) is 14.1. The molecule has 0 unspecified atom stereocenters. The van der Waals surface area contributed by atoms with Gasteiger partial charge in [-0.05, 0) is 25.5 Å². The van der Waals surface area contributed by atoms with E-state index in [-0.39, 0.29) is 6.61 Å². The van der Waals surface area contributed by atoms with Crippen molar-refractivity contribution in [3.05, 3.63) is 22.7 Å². The van der Waals surface area contributed by atoms with E-state index in [1.165, 1.54) is 0 Å². The van der Waals surface area contributed by atoms with Gasteiger partial charge in [0.25, 0.3) is 0 Å². The molecule has 0 radical (unpaired) electrons. The molecule has 1 aromatic rings. The molecule has 1 rings (SSSR count). The molecule has 0 aromatic heterocycles. The van der Waals surface area contributed by atoms with Crippen LogP contribution in [0.3, 0.4) is 0 Å². The maximum atomic E-state index is 9.14. The average molecular weight is 259 g/mol. The second-order valence-electron chi connectivity index (χ2n) is 3.72. The lowest BCUT2D eigenvalue weighted by atomic mass is 10.2. The van der Waals surface area contributed by atoms with Gasteiger partial charge in [0.1, 0.15) is 5.75 Å². The zero-order valence-corrected chi connectivity index (χ0v) is 10.8. The van der Waals surface area contributed by atoms with Crippen molar-refractivity contribution in [3.8, 4) is 5.75 Å². The van der Waals surface area contributed by atoms with Crippen LogP contribution in [0.5, 0.6) is 5.75 Å². The monoisotopic (exact) mass is 258 g/mol. The van der Waals surface area contributed by atoms with Crippen LogP contribution in [0.15, 0.2) is 12.1 Å². The summed E-state index contributed by atoms with van der Waals surface area (Å²) in [6.45, 7) is 1.43. The largest absolute Gasteiger partial charge is 0.496 e. The number of rotatable bonds is 7. The highest BCUT2D eigenvalue weighted by Crippen LogP contribution is 2.30. The van der Waals surface area contributed by atoms with E-state index in [1.807, 2.05) is 0 Å². The number of aliphatic hydroxyl groups excluding tert-OH is 1. The summed E-state index contributed by atoms with van der Waals surface area (Å²) >= 11 is 6.10. The Bertz CT molecular complexity index is 359. The number of nitrogens with one attached hydrogen (secondary N) is 1. The van der Waals surface area contributed by atoms with Gasteiger partial charge in [0.2, 0.25) is 0 Å². The fourth-order valence-corrected chi connectivity index (χ4v) is 1.79. The lowest BCUT2D eigenvalue weighted by molar-refractivity contribution is 0.274. The predicted octanol–water partition coefficient (Wildman–Crippen LogP) is 1.99. The van der Waals surface area contributed by atoms with E-state index in [1.54, 1.807) is 19.2 Å². The van der Waals surface area contributed by atoms with Crippen molar-refractivity contribution >= 4 is 17.3 Å². The highest BCUT2D eigenvalue weighted by molar-refractivity contribution is 6.33. The van der Waals surface area contributed by atoms with E-state index in [2.05, 4.69) is 5.32 Å². The minimum Gasteiger partial charge on any atom is -0.496 e. The third-order valence-corrected chi connectivity index (χ3v) is 2.80. The van der Waals surface area contributed by atoms with E-state index >= 15 is 0 Å². The van der Waals surface area contributed by atoms with Gasteiger partial charge in [-0.2, -0.15) is 0 Å². The Hall–Kier alpha value is -0.970. The first-order chi connectivity index (χ1) is 8.22. The number of aliphatic hydroxyl groups is 1. The molecule has 96 valence electrons. The van der Waals surface area contributed by atoms with Gasteiger partial charge >= 0.3 is 0 Å². The molecule has 5 heteroatoms. The van der Waals surface area contributed by atoms with E-state index in [9.17, 15) is 0 Å². The minimum absolute atomic E-state index is 0.0870. The van der Waals surface area contributed by atoms with E-state index in [4.69, 9.17) is 27.2 Å². The zero-order chi connectivity index (χ0) is 12.7. The van der Waals surface area contributed by atoms with Gasteiger partial charge < -0.3 is 20.9 Å². The van der Waals surface area contributed by atoms with E-state index < -0.39 is 0 Å². The molecule has 0 aliphatic rings. The second-order valence-corrected chi connectivity index (χ2v) is 4.13. The molecule has 0 aliphatic carbocycles. The first-order valence-electron chi connectivity index (χ1n) is 5.64. The molecule has 0 atom stereocenters. The van der Waals surface area contributed by atoms with Gasteiger partial charge in [-0.3, -0.25) is 0 Å². The number of methoxy groups -OCH3 is 1. The standard InChI is InChI=1S/C12H19ClN2O2/c1-17-12-7-11(15-5-3-2-4-14)10(13)6-9(12)8-16/h6-7,15-16H,2-5,8,14H2,1H3. The van der Waals surface area contributed by atoms with Crippen molar-refractivity contribution in [2.45, 2.75) is 19.4 Å². The van der Waals surface area contributed by atoms with Crippen LogP contribution in [-0.4, -0.2) is 25.3 Å². The van der Waals surface area contributed by atoms with Crippen LogP contribution in [0.1, 0.15) is 18.4 Å². The Morgan fingerprint density at radius 2 is 2.18 bits per heavy atom. The SMILES string of the molecule is COc1cc(NCCCCN)c(Cl)cc1CO. The van der Waals surface area contributed by atoms with E-state index in [0.717, 1.165) is 25.1 Å². The molecule has 0 fully saturated rings. The van der Waals surface area contributed by atoms with Crippen LogP contribution in [-0.2, 0) is 6.61 Å². The highest BCUT2D eigenvalue weighted by Gasteiger charge is 2.08. The van der Waals surface area contributed by atoms with E-state index in [0.29, 0.717) is 22.9 Å². The van der Waals surface area contributed by atoms with Gasteiger partial charge in [0.05, 0.1) is 24.4 Å². The maximum Gasteiger partial charge on any atom is 0.126 e. The number of anilines is 1. The molecule has 0 bridgehead atoms. The summed E-state index contributed by atoms with van der Waals surface area (Å²) in [5.41, 5.74) is 6.92. The fraction of sp³-hybridized carbons (Fsp3) is 0.500. The van der Waals surface area contributed by atoms with Crippen molar-refractivity contribution in [1.82, 2.24) is 0 Å². The number of hydrogen-bond acceptors (Lipinski definition) is 4. The maximum absolute atomic E-state index is 9.14. The summed E-state index contributed by atoms with van der Waals surface area (Å²) in [5.74, 6) is 0.637. The van der Waals surface area contributed by atoms with Crippen molar-refractivity contribution in [3.63, 3.8) is 0 Å². The minimum atomic E-state index is -0.0870. The smallest absolute Gasteiger partial charge is 0.126 e. The normalized spacial score (nSPS) is 10.4. The molecule has 17 heavy (non-hydrogen) atoms. The molecule has 0 amide bonds. The molecule has 0 aliphatic heterocycles. The van der Waals surface area contributed by atoms with Crippen LogP contribution in [0.2, 0.25) is 5.02 Å². The van der Waals surface area contributed by atoms with Gasteiger partial charge in [0, 0.05) is 18.2 Å². The summed E-state index contributed by atoms with van der Waals surface area (Å²) in [4.78, 5) is 0. The molecule has 0 saturated heterocycles. The Morgan fingerprint density at radius 1 is 1.41 bits per heavy atom. The third-order valence-electron chi connectivity index (χ3n) is 2.49. The molecule has 4 N–H and O–H groups in total. The van der Waals surface area contributed by atoms with Crippen LogP contribution in [0.25, 0.3) is 0 Å². The van der Waals surface area contributed by atoms with Crippen molar-refractivity contribution in [2.24, 2.45) is 5.73 Å². The zero-order valence-electron chi connectivity index (χ0n) is 10.0. The molecule has 1 aromatic carbocycles. The van der Waals surface area contributed by atoms with Crippen molar-refractivity contribution in [2.75, 3.05) is 25.5 Å². The van der Waals surface area contributed by atoms with Gasteiger partial charge in [-0.15, -0.1) is 0 Å². The number of hydrogen-bond donors (Lipinski definition) is 3. The van der Waals surface area contributed by atoms with Crippen LogP contribution in [0, 0.1) is 0 Å². The topological polar surface area (TPSA) is 67.5 Å². The van der Waals surface area contributed by atoms with Gasteiger partial charge in [-0.25, -0.2) is 0 Å². The summed E-state index contributed by atoms with van der Waals surface area (Å²) in [5, 5.41) is 12.9. The first-order valence-corrected chi connectivity index (χ1v) is 6.02.